The second-order valence-electron chi connectivity index (χ2n) is 4.50. The van der Waals surface area contributed by atoms with Crippen LogP contribution in [0.25, 0.3) is 0 Å². The normalized spacial score (nSPS) is 10.2. The Labute approximate surface area is 102 Å². The van der Waals surface area contributed by atoms with Crippen LogP contribution in [0.3, 0.4) is 0 Å². The van der Waals surface area contributed by atoms with Gasteiger partial charge in [-0.1, -0.05) is 58.3 Å². The lowest BCUT2D eigenvalue weighted by Gasteiger charge is -2.17. The summed E-state index contributed by atoms with van der Waals surface area (Å²) in [5, 5.41) is 3.56. The summed E-state index contributed by atoms with van der Waals surface area (Å²) in [5.74, 6) is 6.04. The molecule has 0 fully saturated rings. The van der Waals surface area contributed by atoms with Crippen LogP contribution >= 0.6 is 0 Å². The van der Waals surface area contributed by atoms with Crippen molar-refractivity contribution in [2.45, 2.75) is 78.2 Å². The molecule has 0 atom stereocenters. The van der Waals surface area contributed by atoms with Gasteiger partial charge in [-0.15, -0.1) is 5.92 Å². The molecular weight excluding hydrogens is 194 g/mol. The molecule has 0 aliphatic rings. The van der Waals surface area contributed by atoms with E-state index in [-0.39, 0.29) is 0 Å². The van der Waals surface area contributed by atoms with E-state index in [2.05, 4.69) is 31.0 Å². The Morgan fingerprint density at radius 2 is 1.50 bits per heavy atom. The van der Waals surface area contributed by atoms with Gasteiger partial charge >= 0.3 is 0 Å². The van der Waals surface area contributed by atoms with Gasteiger partial charge in [-0.05, 0) is 19.8 Å². The molecule has 0 saturated carbocycles. The Hall–Kier alpha value is -0.480. The monoisotopic (exact) mass is 223 g/mol. The van der Waals surface area contributed by atoms with Crippen LogP contribution in [0.4, 0.5) is 0 Å². The van der Waals surface area contributed by atoms with Gasteiger partial charge in [0.2, 0.25) is 0 Å². The van der Waals surface area contributed by atoms with Crippen molar-refractivity contribution in [2.24, 2.45) is 0 Å². The first-order valence-electron chi connectivity index (χ1n) is 6.98. The second kappa shape index (κ2) is 12.6. The molecule has 0 aromatic rings. The van der Waals surface area contributed by atoms with E-state index in [1.807, 2.05) is 6.92 Å². The van der Waals surface area contributed by atoms with Gasteiger partial charge in [0.25, 0.3) is 0 Å². The zero-order valence-corrected chi connectivity index (χ0v) is 11.4. The van der Waals surface area contributed by atoms with Gasteiger partial charge in [-0.2, -0.15) is 0 Å². The smallest absolute Gasteiger partial charge is 0.0578 e. The Balaban J connectivity index is 3.69. The van der Waals surface area contributed by atoms with Gasteiger partial charge in [0.15, 0.2) is 0 Å². The maximum Gasteiger partial charge on any atom is 0.0578 e. The van der Waals surface area contributed by atoms with Gasteiger partial charge in [-0.3, -0.25) is 0 Å². The quantitative estimate of drug-likeness (QED) is 0.434. The summed E-state index contributed by atoms with van der Waals surface area (Å²) in [6.45, 7) is 7.30. The molecular formula is C15H29N. The molecule has 0 rings (SSSR count). The Morgan fingerprint density at radius 3 is 1.94 bits per heavy atom. The van der Waals surface area contributed by atoms with Crippen molar-refractivity contribution < 1.29 is 0 Å². The summed E-state index contributed by atoms with van der Waals surface area (Å²) in [4.78, 5) is 0. The van der Waals surface area contributed by atoms with Crippen molar-refractivity contribution in [1.29, 1.82) is 0 Å². The maximum atomic E-state index is 3.56. The van der Waals surface area contributed by atoms with Crippen molar-refractivity contribution >= 4 is 0 Å². The fourth-order valence-electron chi connectivity index (χ4n) is 1.91. The fourth-order valence-corrected chi connectivity index (χ4v) is 1.91. The van der Waals surface area contributed by atoms with E-state index in [4.69, 9.17) is 0 Å². The van der Waals surface area contributed by atoms with Crippen molar-refractivity contribution in [2.75, 3.05) is 6.54 Å². The Morgan fingerprint density at radius 1 is 0.938 bits per heavy atom. The van der Waals surface area contributed by atoms with Crippen LogP contribution in [0, 0.1) is 11.8 Å². The lowest BCUT2D eigenvalue weighted by Crippen LogP contribution is -2.29. The highest BCUT2D eigenvalue weighted by Gasteiger charge is 2.06. The summed E-state index contributed by atoms with van der Waals surface area (Å²) in [5.41, 5.74) is 0. The van der Waals surface area contributed by atoms with Crippen LogP contribution in [-0.4, -0.2) is 12.6 Å². The number of hydrogen-bond donors (Lipinski definition) is 1. The van der Waals surface area contributed by atoms with Crippen molar-refractivity contribution in [1.82, 2.24) is 5.32 Å². The maximum absolute atomic E-state index is 3.56. The Kier molecular flexibility index (Phi) is 12.2. The fraction of sp³-hybridized carbons (Fsp3) is 0.867. The molecule has 0 radical (unpaired) electrons. The van der Waals surface area contributed by atoms with Crippen LogP contribution in [0.1, 0.15) is 72.1 Å². The standard InChI is InChI=1S/C15H29N/c1-4-7-10-12-15(13-11-8-5-2)16-14-9-6-3/h15-16H,4-5,7-8,10-14H2,1-3H3. The first-order chi connectivity index (χ1) is 7.85. The topological polar surface area (TPSA) is 12.0 Å². The summed E-state index contributed by atoms with van der Waals surface area (Å²) in [6.07, 6.45) is 10.7. The third kappa shape index (κ3) is 10.1. The number of nitrogens with one attached hydrogen (secondary N) is 1. The molecule has 0 aliphatic heterocycles. The molecule has 0 aromatic carbocycles. The first-order valence-corrected chi connectivity index (χ1v) is 6.98. The highest BCUT2D eigenvalue weighted by Crippen LogP contribution is 2.10. The minimum Gasteiger partial charge on any atom is -0.303 e. The summed E-state index contributed by atoms with van der Waals surface area (Å²) < 4.78 is 0. The van der Waals surface area contributed by atoms with Gasteiger partial charge in [-0.25, -0.2) is 0 Å². The van der Waals surface area contributed by atoms with Crippen LogP contribution in [-0.2, 0) is 0 Å². The minimum atomic E-state index is 0.693. The van der Waals surface area contributed by atoms with E-state index in [1.54, 1.807) is 0 Å². The molecule has 1 N–H and O–H groups in total. The summed E-state index contributed by atoms with van der Waals surface area (Å²) in [7, 11) is 0. The lowest BCUT2D eigenvalue weighted by molar-refractivity contribution is 0.436. The molecule has 0 bridgehead atoms. The number of unbranched alkanes of at least 4 members (excludes halogenated alkanes) is 4. The zero-order valence-electron chi connectivity index (χ0n) is 11.4. The molecule has 0 aliphatic carbocycles. The van der Waals surface area contributed by atoms with Gasteiger partial charge in [0.1, 0.15) is 0 Å². The van der Waals surface area contributed by atoms with Gasteiger partial charge < -0.3 is 5.32 Å². The molecule has 94 valence electrons. The highest BCUT2D eigenvalue weighted by molar-refractivity contribution is 4.97. The average molecular weight is 223 g/mol. The van der Waals surface area contributed by atoms with E-state index >= 15 is 0 Å². The third-order valence-electron chi connectivity index (χ3n) is 2.97. The van der Waals surface area contributed by atoms with Crippen LogP contribution in [0.15, 0.2) is 0 Å². The molecule has 1 nitrogen and oxygen atoms in total. The molecule has 0 aromatic heterocycles. The highest BCUT2D eigenvalue weighted by atomic mass is 14.9. The summed E-state index contributed by atoms with van der Waals surface area (Å²) in [6, 6.07) is 0.693. The number of rotatable bonds is 10. The Bertz CT molecular complexity index is 177. The predicted molar refractivity (Wildman–Crippen MR) is 73.5 cm³/mol. The molecule has 0 unspecified atom stereocenters. The largest absolute Gasteiger partial charge is 0.303 e. The number of hydrogen-bond acceptors (Lipinski definition) is 1. The average Bonchev–Trinajstić information content (AvgIpc) is 2.29. The van der Waals surface area contributed by atoms with E-state index in [1.165, 1.54) is 51.4 Å². The van der Waals surface area contributed by atoms with Crippen molar-refractivity contribution in [3.8, 4) is 11.8 Å². The van der Waals surface area contributed by atoms with E-state index < -0.39 is 0 Å². The van der Waals surface area contributed by atoms with Crippen LogP contribution < -0.4 is 5.32 Å². The van der Waals surface area contributed by atoms with Crippen molar-refractivity contribution in [3.05, 3.63) is 0 Å². The zero-order chi connectivity index (χ0) is 12.1. The molecule has 0 amide bonds. The van der Waals surface area contributed by atoms with Crippen LogP contribution in [0.5, 0.6) is 0 Å². The molecule has 16 heavy (non-hydrogen) atoms. The van der Waals surface area contributed by atoms with Crippen molar-refractivity contribution in [3.63, 3.8) is 0 Å². The minimum absolute atomic E-state index is 0.693. The summed E-state index contributed by atoms with van der Waals surface area (Å²) >= 11 is 0. The molecule has 0 heterocycles. The SMILES string of the molecule is CC#CCNC(CCCCC)CCCCC. The lowest BCUT2D eigenvalue weighted by atomic mass is 10.0. The second-order valence-corrected chi connectivity index (χ2v) is 4.50. The van der Waals surface area contributed by atoms with Gasteiger partial charge in [0.05, 0.1) is 6.54 Å². The first kappa shape index (κ1) is 15.5. The van der Waals surface area contributed by atoms with E-state index in [9.17, 15) is 0 Å². The molecule has 1 heteroatoms. The predicted octanol–water partition coefficient (Wildman–Crippen LogP) is 4.13. The van der Waals surface area contributed by atoms with E-state index in [0.717, 1.165) is 6.54 Å². The van der Waals surface area contributed by atoms with E-state index in [0.29, 0.717) is 6.04 Å². The van der Waals surface area contributed by atoms with Crippen LogP contribution in [0.2, 0.25) is 0 Å². The molecule has 0 spiro atoms. The van der Waals surface area contributed by atoms with Gasteiger partial charge in [0, 0.05) is 6.04 Å². The molecule has 0 saturated heterocycles. The third-order valence-corrected chi connectivity index (χ3v) is 2.97.